The van der Waals surface area contributed by atoms with Gasteiger partial charge in [-0.1, -0.05) is 31.9 Å². The van der Waals surface area contributed by atoms with E-state index >= 15 is 0 Å². The van der Waals surface area contributed by atoms with Crippen LogP contribution < -0.4 is 0 Å². The van der Waals surface area contributed by atoms with Gasteiger partial charge < -0.3 is 0 Å². The second-order valence-electron chi connectivity index (χ2n) is 1.36. The van der Waals surface area contributed by atoms with Crippen LogP contribution in [0, 0.1) is 0 Å². The summed E-state index contributed by atoms with van der Waals surface area (Å²) in [7, 11) is 0. The zero-order chi connectivity index (χ0) is 6.85. The molecule has 1 aromatic heterocycles. The normalized spacial score (nSPS) is 10.7. The Morgan fingerprint density at radius 3 is 2.44 bits per heavy atom. The van der Waals surface area contributed by atoms with Crippen LogP contribution in [0.4, 0.5) is 0 Å². The van der Waals surface area contributed by atoms with Crippen LogP contribution in [0.25, 0.3) is 0 Å². The van der Waals surface area contributed by atoms with Crippen molar-refractivity contribution in [3.63, 3.8) is 0 Å². The van der Waals surface area contributed by atoms with Crippen LogP contribution in [0.2, 0.25) is 0 Å². The predicted octanol–water partition coefficient (Wildman–Crippen LogP) is 3.69. The van der Waals surface area contributed by atoms with Gasteiger partial charge in [0, 0.05) is 0 Å². The van der Waals surface area contributed by atoms with Gasteiger partial charge in [0.25, 0.3) is 0 Å². The summed E-state index contributed by atoms with van der Waals surface area (Å²) in [5.74, 6) is 0. The van der Waals surface area contributed by atoms with Gasteiger partial charge in [0.15, 0.2) is 0 Å². The van der Waals surface area contributed by atoms with Crippen LogP contribution in [0.3, 0.4) is 0 Å². The molecule has 1 aromatic rings. The van der Waals surface area contributed by atoms with E-state index in [1.54, 1.807) is 0 Å². The standard InChI is InChI=1S/C4H2Br3NS/c5-3-1-2(4(6)7)8-9-3/h1,4H. The lowest BCUT2D eigenvalue weighted by molar-refractivity contribution is 1.31. The Bertz CT molecular complexity index is 197. The summed E-state index contributed by atoms with van der Waals surface area (Å²) in [6, 6.07) is 1.97. The molecule has 50 valence electrons. The molecule has 0 saturated carbocycles. The summed E-state index contributed by atoms with van der Waals surface area (Å²) in [5.41, 5.74) is 1.01. The van der Waals surface area contributed by atoms with Crippen LogP contribution in [-0.2, 0) is 0 Å². The lowest BCUT2D eigenvalue weighted by atomic mass is 10.5. The van der Waals surface area contributed by atoms with E-state index in [4.69, 9.17) is 0 Å². The van der Waals surface area contributed by atoms with Gasteiger partial charge >= 0.3 is 0 Å². The van der Waals surface area contributed by atoms with Crippen molar-refractivity contribution in [3.05, 3.63) is 15.5 Å². The summed E-state index contributed by atoms with van der Waals surface area (Å²) in [6.45, 7) is 0. The number of nitrogens with zero attached hydrogens (tertiary/aromatic N) is 1. The highest BCUT2D eigenvalue weighted by molar-refractivity contribution is 9.24. The van der Waals surface area contributed by atoms with Crippen LogP contribution in [0.5, 0.6) is 0 Å². The zero-order valence-electron chi connectivity index (χ0n) is 4.14. The smallest absolute Gasteiger partial charge is 0.113 e. The van der Waals surface area contributed by atoms with E-state index in [0.717, 1.165) is 9.48 Å². The molecule has 1 rings (SSSR count). The van der Waals surface area contributed by atoms with Crippen molar-refractivity contribution >= 4 is 59.3 Å². The molecule has 0 unspecified atom stereocenters. The van der Waals surface area contributed by atoms with Gasteiger partial charge in [0.2, 0.25) is 0 Å². The average Bonchev–Trinajstić information content (AvgIpc) is 2.14. The number of hydrogen-bond acceptors (Lipinski definition) is 2. The van der Waals surface area contributed by atoms with Gasteiger partial charge in [0.1, 0.15) is 3.74 Å². The Hall–Kier alpha value is 1.07. The molecule has 0 bridgehead atoms. The van der Waals surface area contributed by atoms with Crippen molar-refractivity contribution < 1.29 is 0 Å². The van der Waals surface area contributed by atoms with Crippen molar-refractivity contribution in [2.45, 2.75) is 3.74 Å². The molecule has 1 heterocycles. The third kappa shape index (κ3) is 2.29. The van der Waals surface area contributed by atoms with Crippen molar-refractivity contribution in [2.75, 3.05) is 0 Å². The lowest BCUT2D eigenvalue weighted by Crippen LogP contribution is -1.74. The third-order valence-corrected chi connectivity index (χ3v) is 2.92. The quantitative estimate of drug-likeness (QED) is 0.713. The molecular formula is C4H2Br3NS. The lowest BCUT2D eigenvalue weighted by Gasteiger charge is -1.89. The first kappa shape index (κ1) is 8.17. The van der Waals surface area contributed by atoms with Crippen molar-refractivity contribution in [3.8, 4) is 0 Å². The molecular weight excluding hydrogens is 334 g/mol. The molecule has 0 aliphatic carbocycles. The molecule has 0 amide bonds. The maximum atomic E-state index is 4.12. The van der Waals surface area contributed by atoms with Crippen LogP contribution in [-0.4, -0.2) is 4.37 Å². The van der Waals surface area contributed by atoms with Crippen LogP contribution in [0.1, 0.15) is 9.43 Å². The second kappa shape index (κ2) is 3.46. The fraction of sp³-hybridized carbons (Fsp3) is 0.250. The number of aromatic nitrogens is 1. The molecule has 0 aromatic carbocycles. The topological polar surface area (TPSA) is 12.9 Å². The molecule has 0 saturated heterocycles. The second-order valence-corrected chi connectivity index (χ2v) is 6.60. The largest absolute Gasteiger partial charge is 0.194 e. The maximum Gasteiger partial charge on any atom is 0.113 e. The van der Waals surface area contributed by atoms with E-state index in [1.165, 1.54) is 11.5 Å². The molecule has 0 radical (unpaired) electrons. The molecule has 0 aliphatic rings. The highest BCUT2D eigenvalue weighted by atomic mass is 79.9. The highest BCUT2D eigenvalue weighted by Gasteiger charge is 2.05. The van der Waals surface area contributed by atoms with Crippen molar-refractivity contribution in [2.24, 2.45) is 0 Å². The SMILES string of the molecule is Brc1cc(C(Br)Br)ns1. The van der Waals surface area contributed by atoms with E-state index in [2.05, 4.69) is 52.2 Å². The molecule has 0 fully saturated rings. The van der Waals surface area contributed by atoms with Gasteiger partial charge in [-0.2, -0.15) is 4.37 Å². The Labute approximate surface area is 82.4 Å². The van der Waals surface area contributed by atoms with E-state index in [9.17, 15) is 0 Å². The summed E-state index contributed by atoms with van der Waals surface area (Å²) < 4.78 is 5.35. The Morgan fingerprint density at radius 1 is 1.56 bits per heavy atom. The Kier molecular flexibility index (Phi) is 3.14. The summed E-state index contributed by atoms with van der Waals surface area (Å²) in [5, 5.41) is 0. The van der Waals surface area contributed by atoms with Gasteiger partial charge in [-0.25, -0.2) is 0 Å². The first-order valence-electron chi connectivity index (χ1n) is 2.10. The van der Waals surface area contributed by atoms with E-state index < -0.39 is 0 Å². The van der Waals surface area contributed by atoms with Gasteiger partial charge in [-0.15, -0.1) is 0 Å². The first-order chi connectivity index (χ1) is 4.20. The molecule has 0 atom stereocenters. The average molecular weight is 336 g/mol. The van der Waals surface area contributed by atoms with Crippen LogP contribution in [0.15, 0.2) is 9.85 Å². The molecule has 0 aliphatic heterocycles. The molecule has 0 N–H and O–H groups in total. The van der Waals surface area contributed by atoms with Gasteiger partial charge in [0.05, 0.1) is 9.48 Å². The molecule has 9 heavy (non-hydrogen) atoms. The molecule has 1 nitrogen and oxygen atoms in total. The van der Waals surface area contributed by atoms with Crippen molar-refractivity contribution in [1.29, 1.82) is 0 Å². The van der Waals surface area contributed by atoms with E-state index in [1.807, 2.05) is 6.07 Å². The highest BCUT2D eigenvalue weighted by Crippen LogP contribution is 2.31. The first-order valence-corrected chi connectivity index (χ1v) is 5.50. The van der Waals surface area contributed by atoms with Gasteiger partial charge in [-0.05, 0) is 33.5 Å². The molecule has 5 heteroatoms. The zero-order valence-corrected chi connectivity index (χ0v) is 9.72. The minimum Gasteiger partial charge on any atom is -0.194 e. The summed E-state index contributed by atoms with van der Waals surface area (Å²) in [4.78, 5) is 0. The Morgan fingerprint density at radius 2 is 2.22 bits per heavy atom. The number of rotatable bonds is 1. The fourth-order valence-electron chi connectivity index (χ4n) is 0.368. The van der Waals surface area contributed by atoms with Gasteiger partial charge in [-0.3, -0.25) is 0 Å². The minimum absolute atomic E-state index is 0.174. The maximum absolute atomic E-state index is 4.12. The number of alkyl halides is 2. The summed E-state index contributed by atoms with van der Waals surface area (Å²) in [6.07, 6.45) is 0. The van der Waals surface area contributed by atoms with Crippen LogP contribution >= 0.6 is 59.3 Å². The molecule has 0 spiro atoms. The number of hydrogen-bond donors (Lipinski definition) is 0. The third-order valence-electron chi connectivity index (χ3n) is 0.723. The minimum atomic E-state index is 0.174. The monoisotopic (exact) mass is 333 g/mol. The number of halogens is 3. The predicted molar refractivity (Wildman–Crippen MR) is 50.4 cm³/mol. The summed E-state index contributed by atoms with van der Waals surface area (Å²) >= 11 is 11.4. The fourth-order valence-corrected chi connectivity index (χ4v) is 2.08. The van der Waals surface area contributed by atoms with E-state index in [0.29, 0.717) is 0 Å². The van der Waals surface area contributed by atoms with E-state index in [-0.39, 0.29) is 3.74 Å². The Balaban J connectivity index is 2.85. The van der Waals surface area contributed by atoms with Crippen molar-refractivity contribution in [1.82, 2.24) is 4.37 Å².